The van der Waals surface area contributed by atoms with Crippen molar-refractivity contribution in [3.63, 3.8) is 0 Å². The van der Waals surface area contributed by atoms with Crippen molar-refractivity contribution in [2.75, 3.05) is 0 Å². The number of aryl methyl sites for hydroxylation is 1. The Balaban J connectivity index is 1.77. The molecule has 0 spiro atoms. The number of hydrogen-bond donors (Lipinski definition) is 0. The van der Waals surface area contributed by atoms with E-state index in [0.29, 0.717) is 0 Å². The number of carbonyl (C=O) groups is 1. The summed E-state index contributed by atoms with van der Waals surface area (Å²) in [5, 5.41) is 4.50. The molecular weight excluding hydrogens is 350 g/mol. The molecule has 3 rings (SSSR count). The van der Waals surface area contributed by atoms with Crippen LogP contribution in [-0.2, 0) is 16.0 Å². The lowest BCUT2D eigenvalue weighted by molar-refractivity contribution is -0.147. The van der Waals surface area contributed by atoms with Crippen LogP contribution in [0.4, 0.5) is 8.78 Å². The van der Waals surface area contributed by atoms with Gasteiger partial charge in [-0.1, -0.05) is 18.2 Å². The topological polar surface area (TPSA) is 44.1 Å². The van der Waals surface area contributed by atoms with Gasteiger partial charge in [-0.25, -0.2) is 13.5 Å². The summed E-state index contributed by atoms with van der Waals surface area (Å²) in [6, 6.07) is 12.7. The van der Waals surface area contributed by atoms with Crippen LogP contribution in [0.3, 0.4) is 0 Å². The molecule has 0 saturated carbocycles. The van der Waals surface area contributed by atoms with Gasteiger partial charge in [0.1, 0.15) is 17.7 Å². The highest BCUT2D eigenvalue weighted by Gasteiger charge is 2.20. The summed E-state index contributed by atoms with van der Waals surface area (Å²) in [4.78, 5) is 12.4. The Morgan fingerprint density at radius 3 is 2.56 bits per heavy atom. The molecule has 1 heterocycles. The first kappa shape index (κ1) is 18.8. The zero-order chi connectivity index (χ0) is 19.6. The Morgan fingerprint density at radius 1 is 1.15 bits per heavy atom. The minimum Gasteiger partial charge on any atom is -0.457 e. The van der Waals surface area contributed by atoms with E-state index in [1.54, 1.807) is 4.68 Å². The lowest BCUT2D eigenvalue weighted by Crippen LogP contribution is -2.13. The van der Waals surface area contributed by atoms with Gasteiger partial charge in [-0.05, 0) is 51.1 Å². The van der Waals surface area contributed by atoms with Crippen LogP contribution in [0.25, 0.3) is 5.69 Å². The molecule has 0 aliphatic heterocycles. The molecule has 0 N–H and O–H groups in total. The first-order chi connectivity index (χ1) is 12.9. The summed E-state index contributed by atoms with van der Waals surface area (Å²) >= 11 is 0. The van der Waals surface area contributed by atoms with E-state index in [1.807, 2.05) is 44.2 Å². The van der Waals surface area contributed by atoms with Crippen molar-refractivity contribution in [1.82, 2.24) is 9.78 Å². The molecular formula is C21H20F2N2O2. The van der Waals surface area contributed by atoms with E-state index in [2.05, 4.69) is 5.10 Å². The zero-order valence-corrected chi connectivity index (χ0v) is 15.4. The molecule has 1 unspecified atom stereocenters. The highest BCUT2D eigenvalue weighted by atomic mass is 19.1. The molecule has 0 aliphatic carbocycles. The van der Waals surface area contributed by atoms with Gasteiger partial charge in [0.2, 0.25) is 0 Å². The predicted molar refractivity (Wildman–Crippen MR) is 97.6 cm³/mol. The summed E-state index contributed by atoms with van der Waals surface area (Å²) in [5.41, 5.74) is 3.22. The quantitative estimate of drug-likeness (QED) is 0.616. The summed E-state index contributed by atoms with van der Waals surface area (Å²) in [5.74, 6) is -1.71. The van der Waals surface area contributed by atoms with Gasteiger partial charge in [0.25, 0.3) is 0 Å². The van der Waals surface area contributed by atoms with Crippen LogP contribution in [0.5, 0.6) is 0 Å². The van der Waals surface area contributed by atoms with Crippen molar-refractivity contribution in [3.05, 3.63) is 82.7 Å². The molecule has 3 aromatic rings. The standard InChI is InChI=1S/C21H20F2N2O2/c1-13-18(14(2)25(24-13)17-7-5-4-6-8-17)12-21(26)27-15(3)19-11-16(22)9-10-20(19)23/h4-11,15H,12H2,1-3H3. The van der Waals surface area contributed by atoms with E-state index in [-0.39, 0.29) is 12.0 Å². The van der Waals surface area contributed by atoms with E-state index in [1.165, 1.54) is 6.92 Å². The number of nitrogens with zero attached hydrogens (tertiary/aromatic N) is 2. The molecule has 1 aromatic heterocycles. The fraction of sp³-hybridized carbons (Fsp3) is 0.238. The molecule has 27 heavy (non-hydrogen) atoms. The van der Waals surface area contributed by atoms with Gasteiger partial charge in [-0.2, -0.15) is 5.10 Å². The zero-order valence-electron chi connectivity index (χ0n) is 15.4. The molecule has 0 aliphatic rings. The van der Waals surface area contributed by atoms with E-state index >= 15 is 0 Å². The van der Waals surface area contributed by atoms with E-state index in [0.717, 1.165) is 40.8 Å². The molecule has 140 valence electrons. The fourth-order valence-electron chi connectivity index (χ4n) is 3.02. The number of aromatic nitrogens is 2. The Kier molecular flexibility index (Phi) is 5.35. The monoisotopic (exact) mass is 370 g/mol. The minimum atomic E-state index is -0.891. The third-order valence-electron chi connectivity index (χ3n) is 4.47. The normalized spacial score (nSPS) is 12.0. The number of rotatable bonds is 5. The summed E-state index contributed by atoms with van der Waals surface area (Å²) in [6.07, 6.45) is -0.885. The van der Waals surface area contributed by atoms with Crippen LogP contribution in [-0.4, -0.2) is 15.7 Å². The van der Waals surface area contributed by atoms with Crippen molar-refractivity contribution >= 4 is 5.97 Å². The van der Waals surface area contributed by atoms with Gasteiger partial charge < -0.3 is 4.74 Å². The molecule has 0 saturated heterocycles. The third kappa shape index (κ3) is 4.05. The summed E-state index contributed by atoms with van der Waals surface area (Å²) in [6.45, 7) is 5.22. The third-order valence-corrected chi connectivity index (χ3v) is 4.47. The first-order valence-electron chi connectivity index (χ1n) is 8.61. The highest BCUT2D eigenvalue weighted by molar-refractivity contribution is 5.73. The molecule has 0 radical (unpaired) electrons. The Morgan fingerprint density at radius 2 is 1.85 bits per heavy atom. The average molecular weight is 370 g/mol. The van der Waals surface area contributed by atoms with Crippen molar-refractivity contribution in [1.29, 1.82) is 0 Å². The second kappa shape index (κ2) is 7.70. The molecule has 1 atom stereocenters. The van der Waals surface area contributed by atoms with Crippen LogP contribution in [0.1, 0.15) is 35.5 Å². The lowest BCUT2D eigenvalue weighted by atomic mass is 10.1. The molecule has 0 fully saturated rings. The van der Waals surface area contributed by atoms with Crippen molar-refractivity contribution in [2.24, 2.45) is 0 Å². The SMILES string of the molecule is Cc1nn(-c2ccccc2)c(C)c1CC(=O)OC(C)c1cc(F)ccc1F. The van der Waals surface area contributed by atoms with Crippen molar-refractivity contribution < 1.29 is 18.3 Å². The number of benzene rings is 2. The largest absolute Gasteiger partial charge is 0.457 e. The van der Waals surface area contributed by atoms with Crippen LogP contribution in [0.15, 0.2) is 48.5 Å². The average Bonchev–Trinajstić information content (AvgIpc) is 2.92. The van der Waals surface area contributed by atoms with Gasteiger partial charge in [-0.3, -0.25) is 4.79 Å². The van der Waals surface area contributed by atoms with Gasteiger partial charge in [0, 0.05) is 16.8 Å². The number of ether oxygens (including phenoxy) is 1. The Labute approximate surface area is 156 Å². The first-order valence-corrected chi connectivity index (χ1v) is 8.61. The predicted octanol–water partition coefficient (Wildman–Crippen LogP) is 4.61. The maximum atomic E-state index is 13.8. The Hall–Kier alpha value is -3.02. The number of halogens is 2. The molecule has 0 amide bonds. The van der Waals surface area contributed by atoms with E-state index in [9.17, 15) is 13.6 Å². The maximum absolute atomic E-state index is 13.8. The second-order valence-corrected chi connectivity index (χ2v) is 6.37. The number of hydrogen-bond acceptors (Lipinski definition) is 3. The molecule has 0 bridgehead atoms. The van der Waals surface area contributed by atoms with Crippen LogP contribution >= 0.6 is 0 Å². The lowest BCUT2D eigenvalue weighted by Gasteiger charge is -2.14. The van der Waals surface area contributed by atoms with Crippen LogP contribution < -0.4 is 0 Å². The van der Waals surface area contributed by atoms with Gasteiger partial charge in [0.15, 0.2) is 0 Å². The molecule has 6 heteroatoms. The van der Waals surface area contributed by atoms with Crippen LogP contribution in [0, 0.1) is 25.5 Å². The van der Waals surface area contributed by atoms with Gasteiger partial charge >= 0.3 is 5.97 Å². The summed E-state index contributed by atoms with van der Waals surface area (Å²) < 4.78 is 34.3. The van der Waals surface area contributed by atoms with Gasteiger partial charge in [0.05, 0.1) is 17.8 Å². The number of esters is 1. The number of para-hydroxylation sites is 1. The van der Waals surface area contributed by atoms with Gasteiger partial charge in [-0.15, -0.1) is 0 Å². The smallest absolute Gasteiger partial charge is 0.311 e. The van der Waals surface area contributed by atoms with Crippen molar-refractivity contribution in [3.8, 4) is 5.69 Å². The minimum absolute atomic E-state index is 0.00573. The maximum Gasteiger partial charge on any atom is 0.311 e. The van der Waals surface area contributed by atoms with E-state index < -0.39 is 23.7 Å². The summed E-state index contributed by atoms with van der Waals surface area (Å²) in [7, 11) is 0. The van der Waals surface area contributed by atoms with Crippen molar-refractivity contribution in [2.45, 2.75) is 33.3 Å². The molecule has 2 aromatic carbocycles. The highest BCUT2D eigenvalue weighted by Crippen LogP contribution is 2.23. The number of carbonyl (C=O) groups excluding carboxylic acids is 1. The van der Waals surface area contributed by atoms with E-state index in [4.69, 9.17) is 4.74 Å². The second-order valence-electron chi connectivity index (χ2n) is 6.37. The molecule has 4 nitrogen and oxygen atoms in total. The fourth-order valence-corrected chi connectivity index (χ4v) is 3.02. The Bertz CT molecular complexity index is 968. The van der Waals surface area contributed by atoms with Crippen LogP contribution in [0.2, 0.25) is 0 Å².